The summed E-state index contributed by atoms with van der Waals surface area (Å²) in [4.78, 5) is 9.76. The van der Waals surface area contributed by atoms with E-state index in [-0.39, 0.29) is 45.3 Å². The van der Waals surface area contributed by atoms with Gasteiger partial charge in [-0.1, -0.05) is 133 Å². The smallest absolute Gasteiger partial charge is 0.187 e. The molecule has 0 saturated carbocycles. The number of nitrogens with zero attached hydrogens (tertiary/aromatic N) is 6. The Morgan fingerprint density at radius 2 is 0.776 bits per heavy atom. The van der Waals surface area contributed by atoms with Crippen LogP contribution < -0.4 is 9.80 Å². The highest BCUT2D eigenvalue weighted by atomic mass is 19.1. The molecule has 0 bridgehead atoms. The Morgan fingerprint density at radius 3 is 1.17 bits per heavy atom. The Morgan fingerprint density at radius 1 is 0.408 bits per heavy atom. The average Bonchev–Trinajstić information content (AvgIpc) is 1.25. The summed E-state index contributed by atoms with van der Waals surface area (Å²) in [6.07, 6.45) is 0. The van der Waals surface area contributed by atoms with Crippen LogP contribution in [0, 0.1) is 47.4 Å². The first-order valence-corrected chi connectivity index (χ1v) is 23.5. The number of hydrogen-bond donors (Lipinski definition) is 0. The van der Waals surface area contributed by atoms with Gasteiger partial charge in [-0.05, 0) is 163 Å². The van der Waals surface area contributed by atoms with Crippen LogP contribution in [0.5, 0.6) is 0 Å². The maximum absolute atomic E-state index is 18.0. The second kappa shape index (κ2) is 19.3. The second-order valence-corrected chi connectivity index (χ2v) is 17.6. The Kier molecular flexibility index (Phi) is 9.15. The molecule has 0 saturated heterocycles. The van der Waals surface area contributed by atoms with Gasteiger partial charge in [0.15, 0.2) is 11.4 Å². The number of para-hydroxylation sites is 2. The lowest BCUT2D eigenvalue weighted by molar-refractivity contribution is 0.629. The zero-order valence-electron chi connectivity index (χ0n) is 49.6. The standard InChI is InChI=1S/C68H38F2N6/c1-73-51-19-11-17-49(35-51)58-38-62(70)65(39-59(58)48-16-10-14-44(34-48)42-72)75(53-21-5-3-6-22-53)63-31-27-45-26-30-56-64(32-28-46-25-29-55(63)67(45)68(46)56)76(54-23-7-4-8-24-54)66-40-60(50-18-12-20-52(36-50)74-2)57(37-61(66)69)47-15-9-13-43(33-47)41-71/h3-40H/i3D,4D,5D,6D,7D,8D,21D,22D,23D,24D. The predicted molar refractivity (Wildman–Crippen MR) is 303 cm³/mol. The van der Waals surface area contributed by atoms with E-state index in [0.29, 0.717) is 76.8 Å². The molecule has 12 aromatic carbocycles. The lowest BCUT2D eigenvalue weighted by Gasteiger charge is -2.30. The van der Waals surface area contributed by atoms with E-state index in [1.165, 1.54) is 34.1 Å². The first kappa shape index (κ1) is 36.1. The molecule has 0 aliphatic rings. The minimum atomic E-state index is -0.896. The number of hydrogen-bond acceptors (Lipinski definition) is 4. The third-order valence-corrected chi connectivity index (χ3v) is 13.4. The highest BCUT2D eigenvalue weighted by Gasteiger charge is 2.27. The van der Waals surface area contributed by atoms with Crippen LogP contribution in [0.2, 0.25) is 0 Å². The number of rotatable bonds is 10. The Bertz CT molecular complexity index is 4710. The zero-order chi connectivity index (χ0) is 60.6. The molecule has 76 heavy (non-hydrogen) atoms. The minimum Gasteiger partial charge on any atom is -0.307 e. The van der Waals surface area contributed by atoms with Crippen LogP contribution in [-0.2, 0) is 0 Å². The van der Waals surface area contributed by atoms with Crippen molar-refractivity contribution in [2.75, 3.05) is 9.80 Å². The highest BCUT2D eigenvalue weighted by molar-refractivity contribution is 6.28. The van der Waals surface area contributed by atoms with Crippen LogP contribution >= 0.6 is 0 Å². The van der Waals surface area contributed by atoms with Gasteiger partial charge in [0.05, 0.1) is 72.9 Å². The molecular formula is C68H38F2N6. The van der Waals surface area contributed by atoms with Crippen molar-refractivity contribution >= 4 is 77.8 Å². The van der Waals surface area contributed by atoms with Gasteiger partial charge < -0.3 is 9.80 Å². The number of nitriles is 2. The highest BCUT2D eigenvalue weighted by Crippen LogP contribution is 2.50. The van der Waals surface area contributed by atoms with Crippen molar-refractivity contribution in [3.05, 3.63) is 276 Å². The van der Waals surface area contributed by atoms with E-state index in [9.17, 15) is 16.0 Å². The second-order valence-electron chi connectivity index (χ2n) is 17.6. The van der Waals surface area contributed by atoms with Crippen molar-refractivity contribution in [1.82, 2.24) is 0 Å². The summed E-state index contributed by atoms with van der Waals surface area (Å²) in [5, 5.41) is 22.9. The lowest BCUT2D eigenvalue weighted by atomic mass is 9.90. The van der Waals surface area contributed by atoms with Crippen molar-refractivity contribution in [2.45, 2.75) is 0 Å². The monoisotopic (exact) mass is 986 g/mol. The SMILES string of the molecule is [2H]c1c([2H])c([2H])c(N(c2cc(-c3cccc(C#N)c3)c(-c3cccc([N+]#[C-])c3)cc2F)c2ccc3ccc4c(N(c5cc(-c6cccc([N+]#[C-])c6)c(-c6cccc(C#N)c6)cc5F)c5c([2H])c([2H])c([2H])c([2H])c5[2H])ccc5ccc2c3c54)c([2H])c1[2H]. The third-order valence-electron chi connectivity index (χ3n) is 13.4. The fraction of sp³-hybridized carbons (Fsp3) is 0. The molecular weight excluding hydrogens is 939 g/mol. The summed E-state index contributed by atoms with van der Waals surface area (Å²) in [6.45, 7) is 15.6. The summed E-state index contributed by atoms with van der Waals surface area (Å²) >= 11 is 0. The third kappa shape index (κ3) is 8.12. The van der Waals surface area contributed by atoms with E-state index in [0.717, 1.165) is 0 Å². The van der Waals surface area contributed by atoms with Gasteiger partial charge in [-0.25, -0.2) is 18.5 Å². The van der Waals surface area contributed by atoms with Gasteiger partial charge in [-0.2, -0.15) is 10.5 Å². The molecule has 0 atom stereocenters. The molecule has 0 heterocycles. The first-order valence-electron chi connectivity index (χ1n) is 28.5. The molecule has 6 nitrogen and oxygen atoms in total. The lowest BCUT2D eigenvalue weighted by Crippen LogP contribution is -2.13. The van der Waals surface area contributed by atoms with Crippen molar-refractivity contribution in [1.29, 1.82) is 10.5 Å². The minimum absolute atomic E-state index is 0.144. The molecule has 0 aliphatic heterocycles. The largest absolute Gasteiger partial charge is 0.307 e. The summed E-state index contributed by atoms with van der Waals surface area (Å²) in [5.41, 5.74) is 3.27. The van der Waals surface area contributed by atoms with Gasteiger partial charge in [-0.15, -0.1) is 0 Å². The van der Waals surface area contributed by atoms with E-state index >= 15 is 8.78 Å². The maximum Gasteiger partial charge on any atom is 0.187 e. The van der Waals surface area contributed by atoms with E-state index < -0.39 is 83.4 Å². The summed E-state index contributed by atoms with van der Waals surface area (Å²) in [6, 6.07) is 42.9. The Hall–Kier alpha value is -10.9. The molecule has 0 spiro atoms. The van der Waals surface area contributed by atoms with Crippen LogP contribution in [0.1, 0.15) is 24.8 Å². The number of benzene rings is 12. The topological polar surface area (TPSA) is 62.8 Å². The molecule has 0 N–H and O–H groups in total. The van der Waals surface area contributed by atoms with E-state index in [1.807, 2.05) is 0 Å². The molecule has 0 unspecified atom stereocenters. The van der Waals surface area contributed by atoms with Gasteiger partial charge in [0, 0.05) is 22.1 Å². The van der Waals surface area contributed by atoms with Gasteiger partial charge in [0.2, 0.25) is 0 Å². The quantitative estimate of drug-likeness (QED) is 0.101. The Balaban J connectivity index is 1.17. The maximum atomic E-state index is 18.0. The molecule has 0 amide bonds. The predicted octanol–water partition coefficient (Wildman–Crippen LogP) is 19.3. The van der Waals surface area contributed by atoms with Gasteiger partial charge in [0.25, 0.3) is 0 Å². The summed E-state index contributed by atoms with van der Waals surface area (Å²) < 4.78 is 126. The fourth-order valence-corrected chi connectivity index (χ4v) is 10.0. The fourth-order valence-electron chi connectivity index (χ4n) is 10.0. The van der Waals surface area contributed by atoms with E-state index in [4.69, 9.17) is 21.4 Å². The molecule has 0 radical (unpaired) electrons. The number of halogens is 2. The van der Waals surface area contributed by atoms with Crippen LogP contribution in [0.3, 0.4) is 0 Å². The number of anilines is 6. The van der Waals surface area contributed by atoms with E-state index in [1.54, 1.807) is 146 Å². The zero-order valence-corrected chi connectivity index (χ0v) is 39.6. The average molecular weight is 987 g/mol. The molecule has 0 fully saturated rings. The molecule has 8 heteroatoms. The van der Waals surface area contributed by atoms with E-state index in [2.05, 4.69) is 21.8 Å². The molecule has 0 aromatic heterocycles. The van der Waals surface area contributed by atoms with Crippen molar-refractivity contribution in [3.63, 3.8) is 0 Å². The van der Waals surface area contributed by atoms with Gasteiger partial charge in [0.1, 0.15) is 11.6 Å². The normalized spacial score (nSPS) is 12.8. The van der Waals surface area contributed by atoms with Crippen LogP contribution in [0.15, 0.2) is 230 Å². The molecule has 12 aromatic rings. The van der Waals surface area contributed by atoms with Crippen molar-refractivity contribution < 1.29 is 22.5 Å². The van der Waals surface area contributed by atoms with Crippen LogP contribution in [0.25, 0.3) is 86.5 Å². The van der Waals surface area contributed by atoms with Crippen LogP contribution in [-0.4, -0.2) is 0 Å². The Labute approximate surface area is 451 Å². The summed E-state index contributed by atoms with van der Waals surface area (Å²) in [5.74, 6) is -1.79. The molecule has 0 aliphatic carbocycles. The van der Waals surface area contributed by atoms with Crippen LogP contribution in [0.4, 0.5) is 54.3 Å². The van der Waals surface area contributed by atoms with Gasteiger partial charge >= 0.3 is 0 Å². The summed E-state index contributed by atoms with van der Waals surface area (Å²) in [7, 11) is 0. The molecule has 354 valence electrons. The van der Waals surface area contributed by atoms with Gasteiger partial charge in [-0.3, -0.25) is 0 Å². The van der Waals surface area contributed by atoms with Crippen molar-refractivity contribution in [3.8, 4) is 56.6 Å². The molecule has 12 rings (SSSR count). The van der Waals surface area contributed by atoms with Crippen molar-refractivity contribution in [2.24, 2.45) is 0 Å². The first-order chi connectivity index (χ1) is 41.5.